The lowest BCUT2D eigenvalue weighted by molar-refractivity contribution is 0.313. The van der Waals surface area contributed by atoms with Gasteiger partial charge in [-0.25, -0.2) is 13.1 Å². The number of nitrogens with two attached hydrogens (primary N) is 1. The van der Waals surface area contributed by atoms with Crippen molar-refractivity contribution >= 4 is 31.6 Å². The van der Waals surface area contributed by atoms with Crippen LogP contribution in [-0.2, 0) is 10.0 Å². The van der Waals surface area contributed by atoms with Gasteiger partial charge in [0.2, 0.25) is 10.0 Å². The first-order chi connectivity index (χ1) is 8.72. The van der Waals surface area contributed by atoms with Gasteiger partial charge < -0.3 is 5.73 Å². The molecule has 4 nitrogen and oxygen atoms in total. The standard InChI is InChI=1S/C13H19BrN2O2S/c1-13(2)7-3-4-12(13)16-19(17,18)9-5-6-10(14)11(15)8-9/h5-6,8,12,16H,3-4,7,15H2,1-2H3. The van der Waals surface area contributed by atoms with Gasteiger partial charge in [0, 0.05) is 16.2 Å². The van der Waals surface area contributed by atoms with Crippen LogP contribution in [0.15, 0.2) is 27.6 Å². The SMILES string of the molecule is CC1(C)CCCC1NS(=O)(=O)c1ccc(Br)c(N)c1. The molecule has 1 aromatic rings. The van der Waals surface area contributed by atoms with E-state index < -0.39 is 10.0 Å². The van der Waals surface area contributed by atoms with Crippen LogP contribution in [0.25, 0.3) is 0 Å². The molecule has 1 aliphatic rings. The molecule has 1 aromatic carbocycles. The fraction of sp³-hybridized carbons (Fsp3) is 0.538. The van der Waals surface area contributed by atoms with E-state index >= 15 is 0 Å². The van der Waals surface area contributed by atoms with Crippen molar-refractivity contribution in [1.82, 2.24) is 4.72 Å². The number of halogens is 1. The van der Waals surface area contributed by atoms with Crippen LogP contribution in [0.1, 0.15) is 33.1 Å². The van der Waals surface area contributed by atoms with E-state index in [2.05, 4.69) is 34.5 Å². The maximum absolute atomic E-state index is 12.4. The zero-order chi connectivity index (χ0) is 14.3. The fourth-order valence-corrected chi connectivity index (χ4v) is 4.21. The van der Waals surface area contributed by atoms with Gasteiger partial charge in [-0.3, -0.25) is 0 Å². The summed E-state index contributed by atoms with van der Waals surface area (Å²) in [6, 6.07) is 4.69. The molecule has 1 saturated carbocycles. The number of benzene rings is 1. The predicted octanol–water partition coefficient (Wildman–Crippen LogP) is 2.89. The molecule has 3 N–H and O–H groups in total. The van der Waals surface area contributed by atoms with E-state index in [0.29, 0.717) is 10.2 Å². The van der Waals surface area contributed by atoms with Crippen LogP contribution in [0.2, 0.25) is 0 Å². The molecule has 0 spiro atoms. The van der Waals surface area contributed by atoms with Crippen molar-refractivity contribution in [3.05, 3.63) is 22.7 Å². The lowest BCUT2D eigenvalue weighted by atomic mass is 9.88. The first-order valence-corrected chi connectivity index (χ1v) is 8.57. The smallest absolute Gasteiger partial charge is 0.240 e. The predicted molar refractivity (Wildman–Crippen MR) is 80.3 cm³/mol. The minimum atomic E-state index is -3.50. The molecular weight excluding hydrogens is 328 g/mol. The molecule has 0 amide bonds. The van der Waals surface area contributed by atoms with Crippen molar-refractivity contribution in [3.63, 3.8) is 0 Å². The van der Waals surface area contributed by atoms with Gasteiger partial charge in [-0.2, -0.15) is 0 Å². The van der Waals surface area contributed by atoms with Gasteiger partial charge in [0.25, 0.3) is 0 Å². The normalized spacial score (nSPS) is 22.6. The van der Waals surface area contributed by atoms with E-state index in [4.69, 9.17) is 5.73 Å². The number of nitrogens with one attached hydrogen (secondary N) is 1. The highest BCUT2D eigenvalue weighted by molar-refractivity contribution is 9.10. The molecule has 2 rings (SSSR count). The van der Waals surface area contributed by atoms with Crippen molar-refractivity contribution in [3.8, 4) is 0 Å². The van der Waals surface area contributed by atoms with Gasteiger partial charge in [0.15, 0.2) is 0 Å². The Hall–Kier alpha value is -0.590. The molecule has 106 valence electrons. The monoisotopic (exact) mass is 346 g/mol. The van der Waals surface area contributed by atoms with Gasteiger partial charge in [-0.1, -0.05) is 20.3 Å². The fourth-order valence-electron chi connectivity index (χ4n) is 2.49. The molecule has 0 heterocycles. The van der Waals surface area contributed by atoms with E-state index in [1.54, 1.807) is 12.1 Å². The van der Waals surface area contributed by atoms with Crippen LogP contribution >= 0.6 is 15.9 Å². The van der Waals surface area contributed by atoms with Gasteiger partial charge in [-0.05, 0) is 52.4 Å². The van der Waals surface area contributed by atoms with Gasteiger partial charge in [0.1, 0.15) is 0 Å². The van der Waals surface area contributed by atoms with Gasteiger partial charge in [0.05, 0.1) is 4.90 Å². The van der Waals surface area contributed by atoms with Crippen molar-refractivity contribution in [1.29, 1.82) is 0 Å². The lowest BCUT2D eigenvalue weighted by Crippen LogP contribution is -2.41. The summed E-state index contributed by atoms with van der Waals surface area (Å²) in [6.07, 6.45) is 2.99. The number of sulfonamides is 1. The third-order valence-corrected chi connectivity index (χ3v) is 6.02. The molecule has 0 saturated heterocycles. The Labute approximate surface area is 122 Å². The summed E-state index contributed by atoms with van der Waals surface area (Å²) in [4.78, 5) is 0.218. The van der Waals surface area contributed by atoms with Crippen LogP contribution in [0.4, 0.5) is 5.69 Å². The molecule has 0 radical (unpaired) electrons. The highest BCUT2D eigenvalue weighted by atomic mass is 79.9. The minimum Gasteiger partial charge on any atom is -0.398 e. The Kier molecular flexibility index (Phi) is 3.95. The number of rotatable bonds is 3. The summed E-state index contributed by atoms with van der Waals surface area (Å²) in [7, 11) is -3.50. The molecule has 1 aliphatic carbocycles. The van der Waals surface area contributed by atoms with Gasteiger partial charge >= 0.3 is 0 Å². The van der Waals surface area contributed by atoms with E-state index in [-0.39, 0.29) is 16.4 Å². The van der Waals surface area contributed by atoms with Crippen LogP contribution < -0.4 is 10.5 Å². The Balaban J connectivity index is 2.25. The van der Waals surface area contributed by atoms with Crippen molar-refractivity contribution < 1.29 is 8.42 Å². The Bertz CT molecular complexity index is 584. The number of nitrogen functional groups attached to an aromatic ring is 1. The van der Waals surface area contributed by atoms with Crippen molar-refractivity contribution in [2.75, 3.05) is 5.73 Å². The molecule has 0 aliphatic heterocycles. The molecule has 1 fully saturated rings. The van der Waals surface area contributed by atoms with Crippen molar-refractivity contribution in [2.24, 2.45) is 5.41 Å². The molecule has 19 heavy (non-hydrogen) atoms. The minimum absolute atomic E-state index is 0.00792. The first kappa shape index (κ1) is 14.8. The Morgan fingerprint density at radius 3 is 2.63 bits per heavy atom. The number of hydrogen-bond donors (Lipinski definition) is 2. The molecule has 0 bridgehead atoms. The highest BCUT2D eigenvalue weighted by Crippen LogP contribution is 2.38. The maximum atomic E-state index is 12.4. The Morgan fingerprint density at radius 2 is 2.11 bits per heavy atom. The topological polar surface area (TPSA) is 72.2 Å². The average Bonchev–Trinajstić information content (AvgIpc) is 2.61. The molecule has 6 heteroatoms. The highest BCUT2D eigenvalue weighted by Gasteiger charge is 2.37. The van der Waals surface area contributed by atoms with Crippen LogP contribution in [0.5, 0.6) is 0 Å². The third kappa shape index (κ3) is 3.12. The van der Waals surface area contributed by atoms with Crippen molar-refractivity contribution in [2.45, 2.75) is 44.0 Å². The number of anilines is 1. The Morgan fingerprint density at radius 1 is 1.42 bits per heavy atom. The second-order valence-electron chi connectivity index (χ2n) is 5.74. The second-order valence-corrected chi connectivity index (χ2v) is 8.31. The maximum Gasteiger partial charge on any atom is 0.240 e. The quantitative estimate of drug-likeness (QED) is 0.826. The largest absolute Gasteiger partial charge is 0.398 e. The summed E-state index contributed by atoms with van der Waals surface area (Å²) >= 11 is 3.26. The van der Waals surface area contributed by atoms with E-state index in [1.165, 1.54) is 6.07 Å². The summed E-state index contributed by atoms with van der Waals surface area (Å²) < 4.78 is 28.2. The zero-order valence-electron chi connectivity index (χ0n) is 11.1. The molecular formula is C13H19BrN2O2S. The number of hydrogen-bond acceptors (Lipinski definition) is 3. The third-order valence-electron chi connectivity index (χ3n) is 3.83. The lowest BCUT2D eigenvalue weighted by Gasteiger charge is -2.27. The first-order valence-electron chi connectivity index (χ1n) is 6.30. The average molecular weight is 347 g/mol. The molecule has 1 unspecified atom stereocenters. The molecule has 1 atom stereocenters. The van der Waals surface area contributed by atoms with E-state index in [9.17, 15) is 8.42 Å². The van der Waals surface area contributed by atoms with E-state index in [1.807, 2.05) is 0 Å². The zero-order valence-corrected chi connectivity index (χ0v) is 13.5. The summed E-state index contributed by atoms with van der Waals surface area (Å²) in [5.74, 6) is 0. The summed E-state index contributed by atoms with van der Waals surface area (Å²) in [5.41, 5.74) is 6.17. The van der Waals surface area contributed by atoms with Gasteiger partial charge in [-0.15, -0.1) is 0 Å². The van der Waals surface area contributed by atoms with E-state index in [0.717, 1.165) is 19.3 Å². The summed E-state index contributed by atoms with van der Waals surface area (Å²) in [5, 5.41) is 0. The molecule has 0 aromatic heterocycles. The second kappa shape index (κ2) is 5.07. The summed E-state index contributed by atoms with van der Waals surface area (Å²) in [6.45, 7) is 4.20. The van der Waals surface area contributed by atoms with Crippen LogP contribution in [0.3, 0.4) is 0 Å². The van der Waals surface area contributed by atoms with Crippen LogP contribution in [-0.4, -0.2) is 14.5 Å². The van der Waals surface area contributed by atoms with Crippen LogP contribution in [0, 0.1) is 5.41 Å².